The molecule has 2 N–H and O–H groups in total. The van der Waals surface area contributed by atoms with E-state index in [2.05, 4.69) is 5.32 Å². The number of sulfonamides is 1. The van der Waals surface area contributed by atoms with Crippen molar-refractivity contribution in [3.05, 3.63) is 29.3 Å². The van der Waals surface area contributed by atoms with Gasteiger partial charge in [0.25, 0.3) is 5.91 Å². The molecule has 1 aliphatic heterocycles. The number of hydrogen-bond donors (Lipinski definition) is 2. The second kappa shape index (κ2) is 6.67. The number of aryl methyl sites for hydroxylation is 1. The molecule has 136 valence electrons. The molecular formula is C17H22N2O5S. The van der Waals surface area contributed by atoms with Gasteiger partial charge in [-0.1, -0.05) is 0 Å². The summed E-state index contributed by atoms with van der Waals surface area (Å²) in [6.45, 7) is 0.454. The van der Waals surface area contributed by atoms with Crippen LogP contribution < -0.4 is 9.62 Å². The monoisotopic (exact) mass is 366 g/mol. The molecule has 1 aliphatic carbocycles. The van der Waals surface area contributed by atoms with E-state index >= 15 is 0 Å². The fourth-order valence-corrected chi connectivity index (χ4v) is 4.65. The number of amides is 1. The van der Waals surface area contributed by atoms with E-state index in [0.29, 0.717) is 43.5 Å². The minimum absolute atomic E-state index is 0.128. The second-order valence-electron chi connectivity index (χ2n) is 6.80. The predicted octanol–water partition coefficient (Wildman–Crippen LogP) is 1.38. The van der Waals surface area contributed by atoms with E-state index in [0.717, 1.165) is 12.0 Å². The summed E-state index contributed by atoms with van der Waals surface area (Å²) < 4.78 is 25.1. The van der Waals surface area contributed by atoms with Gasteiger partial charge in [-0.05, 0) is 55.9 Å². The third-order valence-electron chi connectivity index (χ3n) is 4.94. The average molecular weight is 366 g/mol. The van der Waals surface area contributed by atoms with Crippen LogP contribution in [0, 0.1) is 5.92 Å². The van der Waals surface area contributed by atoms with Gasteiger partial charge in [0, 0.05) is 18.2 Å². The molecule has 0 bridgehead atoms. The number of carbonyl (C=O) groups excluding carboxylic acids is 1. The summed E-state index contributed by atoms with van der Waals surface area (Å²) in [5, 5.41) is 11.9. The molecule has 2 aliphatic rings. The maximum atomic E-state index is 12.5. The molecule has 0 radical (unpaired) electrons. The molecular weight excluding hydrogens is 344 g/mol. The Labute approximate surface area is 147 Å². The van der Waals surface area contributed by atoms with Gasteiger partial charge in [-0.3, -0.25) is 13.9 Å². The minimum atomic E-state index is -3.33. The van der Waals surface area contributed by atoms with Crippen molar-refractivity contribution in [2.24, 2.45) is 5.92 Å². The maximum Gasteiger partial charge on any atom is 0.306 e. The smallest absolute Gasteiger partial charge is 0.306 e. The molecule has 25 heavy (non-hydrogen) atoms. The first-order chi connectivity index (χ1) is 11.8. The van der Waals surface area contributed by atoms with Gasteiger partial charge in [-0.15, -0.1) is 0 Å². The van der Waals surface area contributed by atoms with Crippen LogP contribution in [0.2, 0.25) is 0 Å². The van der Waals surface area contributed by atoms with Crippen LogP contribution >= 0.6 is 0 Å². The number of nitrogens with zero attached hydrogens (tertiary/aromatic N) is 1. The Kier molecular flexibility index (Phi) is 4.73. The number of carbonyl (C=O) groups is 2. The standard InChI is InChI=1S/C17H22N2O5S/c1-25(23,24)19-8-2-3-11-9-12(5-7-15(11)19)16(20)18-14-6-4-13(10-14)17(21)22/h5,7,9,13-14H,2-4,6,8,10H2,1H3,(H,18,20)(H,21,22)/t13-,14-/m1/s1. The zero-order chi connectivity index (χ0) is 18.2. The van der Waals surface area contributed by atoms with Crippen LogP contribution in [-0.4, -0.2) is 44.2 Å². The summed E-state index contributed by atoms with van der Waals surface area (Å²) in [5.74, 6) is -1.45. The highest BCUT2D eigenvalue weighted by molar-refractivity contribution is 7.92. The maximum absolute atomic E-state index is 12.5. The molecule has 2 atom stereocenters. The van der Waals surface area contributed by atoms with Gasteiger partial charge in [0.1, 0.15) is 0 Å². The predicted molar refractivity (Wildman–Crippen MR) is 93.2 cm³/mol. The Hall–Kier alpha value is -2.09. The number of anilines is 1. The van der Waals surface area contributed by atoms with Crippen molar-refractivity contribution in [3.8, 4) is 0 Å². The SMILES string of the molecule is CS(=O)(=O)N1CCCc2cc(C(=O)N[C@@H]3CC[C@@H](C(=O)O)C3)ccc21. The Bertz CT molecular complexity index is 805. The van der Waals surface area contributed by atoms with Gasteiger partial charge < -0.3 is 10.4 Å². The number of nitrogens with one attached hydrogen (secondary N) is 1. The van der Waals surface area contributed by atoms with E-state index in [-0.39, 0.29) is 11.9 Å². The number of carboxylic acid groups (broad SMARTS) is 1. The molecule has 8 heteroatoms. The van der Waals surface area contributed by atoms with Crippen LogP contribution in [0.15, 0.2) is 18.2 Å². The molecule has 0 unspecified atom stereocenters. The molecule has 1 aromatic carbocycles. The first-order valence-electron chi connectivity index (χ1n) is 8.40. The highest BCUT2D eigenvalue weighted by Gasteiger charge is 2.31. The summed E-state index contributed by atoms with van der Waals surface area (Å²) in [6.07, 6.45) is 4.32. The zero-order valence-electron chi connectivity index (χ0n) is 14.1. The topological polar surface area (TPSA) is 104 Å². The lowest BCUT2D eigenvalue weighted by Crippen LogP contribution is -2.35. The van der Waals surface area contributed by atoms with Gasteiger partial charge in [0.2, 0.25) is 10.0 Å². The highest BCUT2D eigenvalue weighted by atomic mass is 32.2. The Morgan fingerprint density at radius 3 is 2.68 bits per heavy atom. The summed E-state index contributed by atoms with van der Waals surface area (Å²) in [5.41, 5.74) is 1.96. The summed E-state index contributed by atoms with van der Waals surface area (Å²) in [4.78, 5) is 23.5. The van der Waals surface area contributed by atoms with Crippen LogP contribution in [0.25, 0.3) is 0 Å². The third kappa shape index (κ3) is 3.78. The van der Waals surface area contributed by atoms with E-state index in [1.54, 1.807) is 18.2 Å². The van der Waals surface area contributed by atoms with Crippen LogP contribution in [0.5, 0.6) is 0 Å². The van der Waals surface area contributed by atoms with Crippen LogP contribution in [0.1, 0.15) is 41.6 Å². The van der Waals surface area contributed by atoms with Crippen molar-refractivity contribution in [2.75, 3.05) is 17.1 Å². The third-order valence-corrected chi connectivity index (χ3v) is 6.12. The second-order valence-corrected chi connectivity index (χ2v) is 8.71. The van der Waals surface area contributed by atoms with Crippen molar-refractivity contribution in [1.29, 1.82) is 0 Å². The van der Waals surface area contributed by atoms with Gasteiger partial charge >= 0.3 is 5.97 Å². The first kappa shape index (κ1) is 17.7. The van der Waals surface area contributed by atoms with E-state index in [1.807, 2.05) is 0 Å². The quantitative estimate of drug-likeness (QED) is 0.838. The molecule has 1 amide bonds. The lowest BCUT2D eigenvalue weighted by Gasteiger charge is -2.29. The molecule has 1 heterocycles. The molecule has 7 nitrogen and oxygen atoms in total. The molecule has 0 aromatic heterocycles. The van der Waals surface area contributed by atoms with Crippen molar-refractivity contribution in [2.45, 2.75) is 38.1 Å². The Morgan fingerprint density at radius 1 is 1.28 bits per heavy atom. The molecule has 1 fully saturated rings. The average Bonchev–Trinajstić information content (AvgIpc) is 3.01. The highest BCUT2D eigenvalue weighted by Crippen LogP contribution is 2.30. The number of hydrogen-bond acceptors (Lipinski definition) is 4. The number of rotatable bonds is 4. The summed E-state index contributed by atoms with van der Waals surface area (Å²) in [7, 11) is -3.33. The van der Waals surface area contributed by atoms with E-state index in [1.165, 1.54) is 10.6 Å². The van der Waals surface area contributed by atoms with Crippen molar-refractivity contribution in [1.82, 2.24) is 5.32 Å². The van der Waals surface area contributed by atoms with E-state index < -0.39 is 21.9 Å². The van der Waals surface area contributed by atoms with Gasteiger partial charge in [-0.2, -0.15) is 0 Å². The first-order valence-corrected chi connectivity index (χ1v) is 10.2. The number of benzene rings is 1. The molecule has 0 spiro atoms. The van der Waals surface area contributed by atoms with Gasteiger partial charge in [-0.25, -0.2) is 8.42 Å². The van der Waals surface area contributed by atoms with Crippen LogP contribution in [0.4, 0.5) is 5.69 Å². The minimum Gasteiger partial charge on any atom is -0.481 e. The van der Waals surface area contributed by atoms with E-state index in [4.69, 9.17) is 5.11 Å². The van der Waals surface area contributed by atoms with Crippen LogP contribution in [-0.2, 0) is 21.2 Å². The fourth-order valence-electron chi connectivity index (χ4n) is 3.65. The van der Waals surface area contributed by atoms with Gasteiger partial charge in [0.05, 0.1) is 17.9 Å². The van der Waals surface area contributed by atoms with E-state index in [9.17, 15) is 18.0 Å². The molecule has 1 saturated carbocycles. The van der Waals surface area contributed by atoms with Gasteiger partial charge in [0.15, 0.2) is 0 Å². The number of fused-ring (bicyclic) bond motifs is 1. The Morgan fingerprint density at radius 2 is 2.04 bits per heavy atom. The zero-order valence-corrected chi connectivity index (χ0v) is 14.9. The normalized spacial score (nSPS) is 23.2. The molecule has 1 aromatic rings. The summed E-state index contributed by atoms with van der Waals surface area (Å²) >= 11 is 0. The molecule has 3 rings (SSSR count). The summed E-state index contributed by atoms with van der Waals surface area (Å²) in [6, 6.07) is 4.92. The Balaban J connectivity index is 1.74. The van der Waals surface area contributed by atoms with Crippen molar-refractivity contribution in [3.63, 3.8) is 0 Å². The molecule has 0 saturated heterocycles. The number of carboxylic acids is 1. The fraction of sp³-hybridized carbons (Fsp3) is 0.529. The number of aliphatic carboxylic acids is 1. The lowest BCUT2D eigenvalue weighted by atomic mass is 10.0. The lowest BCUT2D eigenvalue weighted by molar-refractivity contribution is -0.141. The van der Waals surface area contributed by atoms with Crippen molar-refractivity contribution >= 4 is 27.6 Å². The largest absolute Gasteiger partial charge is 0.481 e. The van der Waals surface area contributed by atoms with Crippen LogP contribution in [0.3, 0.4) is 0 Å². The van der Waals surface area contributed by atoms with Crippen molar-refractivity contribution < 1.29 is 23.1 Å².